The first-order chi connectivity index (χ1) is 11.1. The van der Waals surface area contributed by atoms with Crippen molar-refractivity contribution < 1.29 is 13.2 Å². The molecule has 0 radical (unpaired) electrons. The van der Waals surface area contributed by atoms with Crippen molar-refractivity contribution in [3.05, 3.63) is 83.3 Å². The predicted octanol–water partition coefficient (Wildman–Crippen LogP) is 5.07. The van der Waals surface area contributed by atoms with E-state index in [1.807, 2.05) is 24.3 Å². The summed E-state index contributed by atoms with van der Waals surface area (Å²) < 4.78 is 31.6. The van der Waals surface area contributed by atoms with Crippen molar-refractivity contribution in [3.8, 4) is 11.5 Å². The molecule has 3 rings (SSSR count). The third-order valence-corrected chi connectivity index (χ3v) is 5.55. The summed E-state index contributed by atoms with van der Waals surface area (Å²) in [5.41, 5.74) is 0. The number of hydrogen-bond donors (Lipinski definition) is 0. The monoisotopic (exact) mass is 388 g/mol. The Kier molecular flexibility index (Phi) is 4.50. The lowest BCUT2D eigenvalue weighted by Gasteiger charge is -2.08. The van der Waals surface area contributed by atoms with Gasteiger partial charge in [0.25, 0.3) is 0 Å². The first-order valence-corrected chi connectivity index (χ1v) is 9.17. The van der Waals surface area contributed by atoms with Crippen molar-refractivity contribution in [1.29, 1.82) is 0 Å². The molecular formula is C18H13BrO3S. The van der Waals surface area contributed by atoms with Crippen LogP contribution in [0, 0.1) is 0 Å². The molecule has 0 aliphatic rings. The van der Waals surface area contributed by atoms with Crippen LogP contribution >= 0.6 is 15.9 Å². The Hall–Kier alpha value is -2.11. The minimum absolute atomic E-state index is 0.242. The first kappa shape index (κ1) is 15.8. The summed E-state index contributed by atoms with van der Waals surface area (Å²) in [5, 5.41) is 0. The molecule has 0 bridgehead atoms. The van der Waals surface area contributed by atoms with Crippen LogP contribution in [0.25, 0.3) is 0 Å². The van der Waals surface area contributed by atoms with Gasteiger partial charge < -0.3 is 4.74 Å². The van der Waals surface area contributed by atoms with E-state index in [9.17, 15) is 8.42 Å². The molecule has 5 heteroatoms. The molecule has 3 nitrogen and oxygen atoms in total. The summed E-state index contributed by atoms with van der Waals surface area (Å²) in [6.45, 7) is 0. The number of benzene rings is 3. The number of hydrogen-bond acceptors (Lipinski definition) is 3. The summed E-state index contributed by atoms with van der Waals surface area (Å²) in [4.78, 5) is 0.522. The molecule has 0 aromatic heterocycles. The zero-order valence-corrected chi connectivity index (χ0v) is 14.4. The highest BCUT2D eigenvalue weighted by atomic mass is 79.9. The topological polar surface area (TPSA) is 43.4 Å². The normalized spacial score (nSPS) is 11.2. The maximum absolute atomic E-state index is 12.5. The highest BCUT2D eigenvalue weighted by Gasteiger charge is 2.16. The second-order valence-electron chi connectivity index (χ2n) is 4.84. The smallest absolute Gasteiger partial charge is 0.206 e. The third-order valence-electron chi connectivity index (χ3n) is 3.24. The van der Waals surface area contributed by atoms with E-state index in [-0.39, 0.29) is 9.79 Å². The van der Waals surface area contributed by atoms with Crippen molar-refractivity contribution in [2.45, 2.75) is 9.79 Å². The molecule has 0 unspecified atom stereocenters. The highest BCUT2D eigenvalue weighted by molar-refractivity contribution is 9.10. The van der Waals surface area contributed by atoms with Crippen LogP contribution in [0.5, 0.6) is 11.5 Å². The van der Waals surface area contributed by atoms with Crippen LogP contribution < -0.4 is 4.74 Å². The van der Waals surface area contributed by atoms with E-state index >= 15 is 0 Å². The van der Waals surface area contributed by atoms with Crippen molar-refractivity contribution in [2.75, 3.05) is 0 Å². The average Bonchev–Trinajstić information content (AvgIpc) is 2.58. The zero-order chi connectivity index (χ0) is 16.3. The van der Waals surface area contributed by atoms with Gasteiger partial charge in [-0.15, -0.1) is 0 Å². The Morgan fingerprint density at radius 1 is 0.652 bits per heavy atom. The molecule has 23 heavy (non-hydrogen) atoms. The molecule has 0 N–H and O–H groups in total. The maximum Gasteiger partial charge on any atom is 0.206 e. The van der Waals surface area contributed by atoms with Crippen molar-refractivity contribution in [3.63, 3.8) is 0 Å². The van der Waals surface area contributed by atoms with E-state index in [2.05, 4.69) is 15.9 Å². The van der Waals surface area contributed by atoms with Crippen LogP contribution in [0.3, 0.4) is 0 Å². The van der Waals surface area contributed by atoms with Crippen LogP contribution in [-0.2, 0) is 9.84 Å². The molecule has 0 saturated heterocycles. The molecule has 0 atom stereocenters. The van der Waals surface area contributed by atoms with E-state index < -0.39 is 9.84 Å². The Labute approximate surface area is 143 Å². The fraction of sp³-hybridized carbons (Fsp3) is 0. The molecule has 0 aliphatic heterocycles. The summed E-state index contributed by atoms with van der Waals surface area (Å²) in [7, 11) is -3.50. The lowest BCUT2D eigenvalue weighted by Crippen LogP contribution is -2.01. The van der Waals surface area contributed by atoms with E-state index in [1.165, 1.54) is 0 Å². The second kappa shape index (κ2) is 6.56. The van der Waals surface area contributed by atoms with Gasteiger partial charge in [0.2, 0.25) is 9.84 Å². The molecule has 116 valence electrons. The number of halogens is 1. The molecule has 3 aromatic rings. The second-order valence-corrected chi connectivity index (χ2v) is 7.71. The maximum atomic E-state index is 12.5. The molecule has 3 aromatic carbocycles. The first-order valence-electron chi connectivity index (χ1n) is 6.89. The van der Waals surface area contributed by atoms with Crippen molar-refractivity contribution in [1.82, 2.24) is 0 Å². The van der Waals surface area contributed by atoms with E-state index in [4.69, 9.17) is 4.74 Å². The van der Waals surface area contributed by atoms with Gasteiger partial charge in [-0.05, 0) is 60.7 Å². The van der Waals surface area contributed by atoms with E-state index in [0.29, 0.717) is 11.5 Å². The van der Waals surface area contributed by atoms with E-state index in [1.54, 1.807) is 54.6 Å². The standard InChI is InChI=1S/C18H13BrO3S/c19-14-6-8-15(9-7-14)22-16-10-12-18(13-11-16)23(20,21)17-4-2-1-3-5-17/h1-13H. The summed E-state index contributed by atoms with van der Waals surface area (Å²) in [6, 6.07) is 22.2. The fourth-order valence-corrected chi connectivity index (χ4v) is 3.61. The minimum atomic E-state index is -3.50. The minimum Gasteiger partial charge on any atom is -0.457 e. The fourth-order valence-electron chi connectivity index (χ4n) is 2.06. The molecular weight excluding hydrogens is 376 g/mol. The van der Waals surface area contributed by atoms with Gasteiger partial charge in [0.15, 0.2) is 0 Å². The van der Waals surface area contributed by atoms with E-state index in [0.717, 1.165) is 4.47 Å². The van der Waals surface area contributed by atoms with Crippen LogP contribution in [0.15, 0.2) is 93.1 Å². The third kappa shape index (κ3) is 3.63. The summed E-state index contributed by atoms with van der Waals surface area (Å²) >= 11 is 3.36. The SMILES string of the molecule is O=S(=O)(c1ccccc1)c1ccc(Oc2ccc(Br)cc2)cc1. The van der Waals surface area contributed by atoms with Gasteiger partial charge in [-0.1, -0.05) is 34.1 Å². The summed E-state index contributed by atoms with van der Waals surface area (Å²) in [6.07, 6.45) is 0. The van der Waals surface area contributed by atoms with Gasteiger partial charge in [-0.25, -0.2) is 8.42 Å². The van der Waals surface area contributed by atoms with Crippen molar-refractivity contribution >= 4 is 25.8 Å². The van der Waals surface area contributed by atoms with Crippen LogP contribution in [0.1, 0.15) is 0 Å². The van der Waals surface area contributed by atoms with Gasteiger partial charge >= 0.3 is 0 Å². The Morgan fingerprint density at radius 3 is 1.70 bits per heavy atom. The zero-order valence-electron chi connectivity index (χ0n) is 12.0. The van der Waals surface area contributed by atoms with Gasteiger partial charge in [0.05, 0.1) is 9.79 Å². The van der Waals surface area contributed by atoms with Crippen LogP contribution in [0.2, 0.25) is 0 Å². The number of rotatable bonds is 4. The Balaban J connectivity index is 1.83. The highest BCUT2D eigenvalue weighted by Crippen LogP contribution is 2.26. The Morgan fingerprint density at radius 2 is 1.13 bits per heavy atom. The lowest BCUT2D eigenvalue weighted by molar-refractivity contribution is 0.482. The van der Waals surface area contributed by atoms with Gasteiger partial charge in [0.1, 0.15) is 11.5 Å². The van der Waals surface area contributed by atoms with Gasteiger partial charge in [0, 0.05) is 4.47 Å². The summed E-state index contributed by atoms with van der Waals surface area (Å²) in [5.74, 6) is 1.27. The average molecular weight is 389 g/mol. The predicted molar refractivity (Wildman–Crippen MR) is 92.6 cm³/mol. The van der Waals surface area contributed by atoms with Crippen LogP contribution in [0.4, 0.5) is 0 Å². The number of sulfone groups is 1. The molecule has 0 aliphatic carbocycles. The molecule has 0 spiro atoms. The van der Waals surface area contributed by atoms with Crippen molar-refractivity contribution in [2.24, 2.45) is 0 Å². The van der Waals surface area contributed by atoms with Crippen LogP contribution in [-0.4, -0.2) is 8.42 Å². The largest absolute Gasteiger partial charge is 0.457 e. The molecule has 0 amide bonds. The lowest BCUT2D eigenvalue weighted by atomic mass is 10.3. The Bertz CT molecular complexity index is 887. The molecule has 0 saturated carbocycles. The molecule has 0 heterocycles. The van der Waals surface area contributed by atoms with Gasteiger partial charge in [-0.2, -0.15) is 0 Å². The number of ether oxygens (including phenoxy) is 1. The van der Waals surface area contributed by atoms with Gasteiger partial charge in [-0.3, -0.25) is 0 Å². The molecule has 0 fully saturated rings. The quantitative estimate of drug-likeness (QED) is 0.626.